The summed E-state index contributed by atoms with van der Waals surface area (Å²) in [6.45, 7) is 5.41. The van der Waals surface area contributed by atoms with E-state index in [9.17, 15) is 14.9 Å². The van der Waals surface area contributed by atoms with Crippen LogP contribution >= 0.6 is 11.6 Å². The monoisotopic (exact) mass is 286 g/mol. The summed E-state index contributed by atoms with van der Waals surface area (Å²) >= 11 is 5.89. The van der Waals surface area contributed by atoms with Gasteiger partial charge in [0.1, 0.15) is 5.60 Å². The lowest BCUT2D eigenvalue weighted by atomic mass is 10.2. The number of nitro groups is 1. The van der Waals surface area contributed by atoms with Crippen molar-refractivity contribution in [3.05, 3.63) is 38.9 Å². The van der Waals surface area contributed by atoms with E-state index in [0.717, 1.165) is 0 Å². The molecule has 0 heterocycles. The molecule has 0 bridgehead atoms. The Balaban J connectivity index is 2.64. The third-order valence-corrected chi connectivity index (χ3v) is 2.42. The molecule has 0 aromatic heterocycles. The third-order valence-electron chi connectivity index (χ3n) is 2.07. The standard InChI is InChI=1S/C12H15ClN2O4/c1-12(2,3)19-11(16)14-7-8-4-5-9(15(17)18)6-10(8)13/h4-6H,7H2,1-3H3,(H,14,16). The lowest BCUT2D eigenvalue weighted by Gasteiger charge is -2.19. The van der Waals surface area contributed by atoms with E-state index in [2.05, 4.69) is 5.32 Å². The number of halogens is 1. The molecule has 1 aromatic rings. The van der Waals surface area contributed by atoms with Crippen LogP contribution in [0.4, 0.5) is 10.5 Å². The predicted molar refractivity (Wildman–Crippen MR) is 71.2 cm³/mol. The number of non-ortho nitro benzene ring substituents is 1. The molecule has 1 amide bonds. The first kappa shape index (κ1) is 15.2. The van der Waals surface area contributed by atoms with Gasteiger partial charge in [-0.2, -0.15) is 0 Å². The van der Waals surface area contributed by atoms with Gasteiger partial charge >= 0.3 is 6.09 Å². The summed E-state index contributed by atoms with van der Waals surface area (Å²) in [7, 11) is 0. The van der Waals surface area contributed by atoms with Crippen LogP contribution in [0.3, 0.4) is 0 Å². The number of nitro benzene ring substituents is 1. The van der Waals surface area contributed by atoms with E-state index < -0.39 is 16.6 Å². The minimum absolute atomic E-state index is 0.0916. The summed E-state index contributed by atoms with van der Waals surface area (Å²) in [5.41, 5.74) is -0.0901. The van der Waals surface area contributed by atoms with Crippen LogP contribution in [-0.4, -0.2) is 16.6 Å². The van der Waals surface area contributed by atoms with Gasteiger partial charge in [-0.1, -0.05) is 11.6 Å². The van der Waals surface area contributed by atoms with Gasteiger partial charge in [-0.3, -0.25) is 10.1 Å². The second-order valence-corrected chi connectivity index (χ2v) is 5.30. The predicted octanol–water partition coefficient (Wildman–Crippen LogP) is 3.27. The fourth-order valence-electron chi connectivity index (χ4n) is 1.27. The largest absolute Gasteiger partial charge is 0.444 e. The molecule has 0 radical (unpaired) electrons. The molecule has 0 unspecified atom stereocenters. The fourth-order valence-corrected chi connectivity index (χ4v) is 1.52. The first-order valence-corrected chi connectivity index (χ1v) is 5.96. The Morgan fingerprint density at radius 3 is 2.58 bits per heavy atom. The van der Waals surface area contributed by atoms with Crippen LogP contribution in [0.15, 0.2) is 18.2 Å². The second kappa shape index (κ2) is 5.88. The van der Waals surface area contributed by atoms with Crippen molar-refractivity contribution in [3.8, 4) is 0 Å². The molecule has 1 N–H and O–H groups in total. The highest BCUT2D eigenvalue weighted by molar-refractivity contribution is 6.31. The number of hydrogen-bond acceptors (Lipinski definition) is 4. The quantitative estimate of drug-likeness (QED) is 0.683. The van der Waals surface area contributed by atoms with Crippen molar-refractivity contribution in [2.45, 2.75) is 32.9 Å². The topological polar surface area (TPSA) is 81.5 Å². The molecule has 0 aliphatic heterocycles. The minimum Gasteiger partial charge on any atom is -0.444 e. The van der Waals surface area contributed by atoms with Gasteiger partial charge in [0.05, 0.1) is 9.95 Å². The molecule has 0 saturated heterocycles. The average Bonchev–Trinajstić information content (AvgIpc) is 2.24. The van der Waals surface area contributed by atoms with Gasteiger partial charge in [-0.15, -0.1) is 0 Å². The smallest absolute Gasteiger partial charge is 0.407 e. The van der Waals surface area contributed by atoms with Crippen LogP contribution in [-0.2, 0) is 11.3 Å². The zero-order valence-corrected chi connectivity index (χ0v) is 11.7. The Bertz CT molecular complexity index is 497. The number of hydrogen-bond donors (Lipinski definition) is 1. The van der Waals surface area contributed by atoms with Gasteiger partial charge in [-0.25, -0.2) is 4.79 Å². The Hall–Kier alpha value is -1.82. The maximum atomic E-state index is 11.4. The van der Waals surface area contributed by atoms with Crippen LogP contribution < -0.4 is 5.32 Å². The number of amides is 1. The normalized spacial score (nSPS) is 10.9. The lowest BCUT2D eigenvalue weighted by molar-refractivity contribution is -0.384. The first-order valence-electron chi connectivity index (χ1n) is 5.59. The van der Waals surface area contributed by atoms with Crippen molar-refractivity contribution in [1.29, 1.82) is 0 Å². The van der Waals surface area contributed by atoms with Crippen LogP contribution in [0.2, 0.25) is 5.02 Å². The highest BCUT2D eigenvalue weighted by atomic mass is 35.5. The number of carbonyl (C=O) groups excluding carboxylic acids is 1. The molecule has 19 heavy (non-hydrogen) atoms. The molecule has 0 aliphatic carbocycles. The van der Waals surface area contributed by atoms with Gasteiger partial charge < -0.3 is 10.1 Å². The first-order chi connectivity index (χ1) is 8.69. The van der Waals surface area contributed by atoms with Gasteiger partial charge in [0.15, 0.2) is 0 Å². The average molecular weight is 287 g/mol. The van der Waals surface area contributed by atoms with Crippen LogP contribution in [0.25, 0.3) is 0 Å². The number of rotatable bonds is 3. The highest BCUT2D eigenvalue weighted by Crippen LogP contribution is 2.22. The maximum absolute atomic E-state index is 11.4. The van der Waals surface area contributed by atoms with Crippen molar-refractivity contribution < 1.29 is 14.5 Å². The fraction of sp³-hybridized carbons (Fsp3) is 0.417. The summed E-state index contributed by atoms with van der Waals surface area (Å²) < 4.78 is 5.06. The Labute approximate surface area is 115 Å². The van der Waals surface area contributed by atoms with Gasteiger partial charge in [0.25, 0.3) is 5.69 Å². The molecule has 0 fully saturated rings. The van der Waals surface area contributed by atoms with E-state index in [0.29, 0.717) is 5.56 Å². The number of ether oxygens (including phenoxy) is 1. The molecule has 0 atom stereocenters. The van der Waals surface area contributed by atoms with Crippen molar-refractivity contribution >= 4 is 23.4 Å². The zero-order chi connectivity index (χ0) is 14.6. The highest BCUT2D eigenvalue weighted by Gasteiger charge is 2.16. The van der Waals surface area contributed by atoms with Crippen LogP contribution in [0, 0.1) is 10.1 Å². The molecule has 0 aliphatic rings. The van der Waals surface area contributed by atoms with Crippen molar-refractivity contribution in [2.24, 2.45) is 0 Å². The molecule has 0 spiro atoms. The molecular formula is C12H15ClN2O4. The molecule has 104 valence electrons. The number of nitrogens with zero attached hydrogens (tertiary/aromatic N) is 1. The van der Waals surface area contributed by atoms with E-state index in [1.54, 1.807) is 20.8 Å². The van der Waals surface area contributed by atoms with Crippen LogP contribution in [0.1, 0.15) is 26.3 Å². The summed E-state index contributed by atoms with van der Waals surface area (Å²) in [5.74, 6) is 0. The summed E-state index contributed by atoms with van der Waals surface area (Å²) in [5, 5.41) is 13.3. The number of alkyl carbamates (subject to hydrolysis) is 1. The Kier molecular flexibility index (Phi) is 4.72. The van der Waals surface area contributed by atoms with E-state index in [1.165, 1.54) is 18.2 Å². The number of nitrogens with one attached hydrogen (secondary N) is 1. The van der Waals surface area contributed by atoms with Crippen molar-refractivity contribution in [1.82, 2.24) is 5.32 Å². The Morgan fingerprint density at radius 2 is 2.11 bits per heavy atom. The molecule has 7 heteroatoms. The molecule has 1 aromatic carbocycles. The SMILES string of the molecule is CC(C)(C)OC(=O)NCc1ccc([N+](=O)[O-])cc1Cl. The second-order valence-electron chi connectivity index (χ2n) is 4.89. The number of carbonyl (C=O) groups is 1. The summed E-state index contributed by atoms with van der Waals surface area (Å²) in [4.78, 5) is 21.4. The van der Waals surface area contributed by atoms with Gasteiger partial charge in [0.2, 0.25) is 0 Å². The van der Waals surface area contributed by atoms with E-state index in [-0.39, 0.29) is 17.3 Å². The summed E-state index contributed by atoms with van der Waals surface area (Å²) in [6.07, 6.45) is -0.568. The Morgan fingerprint density at radius 1 is 1.47 bits per heavy atom. The molecular weight excluding hydrogens is 272 g/mol. The van der Waals surface area contributed by atoms with E-state index in [4.69, 9.17) is 16.3 Å². The van der Waals surface area contributed by atoms with Crippen molar-refractivity contribution in [3.63, 3.8) is 0 Å². The minimum atomic E-state index is -0.580. The van der Waals surface area contributed by atoms with Crippen LogP contribution in [0.5, 0.6) is 0 Å². The maximum Gasteiger partial charge on any atom is 0.407 e. The molecule has 1 rings (SSSR count). The third kappa shape index (κ3) is 5.13. The van der Waals surface area contributed by atoms with Gasteiger partial charge in [0, 0.05) is 18.7 Å². The lowest BCUT2D eigenvalue weighted by Crippen LogP contribution is -2.32. The zero-order valence-electron chi connectivity index (χ0n) is 10.9. The van der Waals surface area contributed by atoms with E-state index in [1.807, 2.05) is 0 Å². The molecule has 0 saturated carbocycles. The van der Waals surface area contributed by atoms with Gasteiger partial charge in [-0.05, 0) is 32.4 Å². The van der Waals surface area contributed by atoms with E-state index >= 15 is 0 Å². The number of benzene rings is 1. The van der Waals surface area contributed by atoms with Crippen molar-refractivity contribution in [2.75, 3.05) is 0 Å². The summed E-state index contributed by atoms with van der Waals surface area (Å²) in [6, 6.07) is 4.07. The molecule has 6 nitrogen and oxygen atoms in total.